The van der Waals surface area contributed by atoms with E-state index in [0.29, 0.717) is 17.1 Å². The molecule has 0 spiro atoms. The molecular weight excluding hydrogens is 316 g/mol. The predicted molar refractivity (Wildman–Crippen MR) is 95.1 cm³/mol. The first-order chi connectivity index (χ1) is 12.1. The molecule has 1 saturated heterocycles. The van der Waals surface area contributed by atoms with Gasteiger partial charge in [-0.2, -0.15) is 0 Å². The van der Waals surface area contributed by atoms with Gasteiger partial charge >= 0.3 is 0 Å². The number of aromatic nitrogens is 2. The van der Waals surface area contributed by atoms with E-state index in [-0.39, 0.29) is 17.9 Å². The monoisotopic (exact) mass is 338 g/mol. The summed E-state index contributed by atoms with van der Waals surface area (Å²) in [7, 11) is 0. The first-order valence-corrected chi connectivity index (χ1v) is 8.53. The molecule has 1 aromatic heterocycles. The summed E-state index contributed by atoms with van der Waals surface area (Å²) >= 11 is 0. The normalized spacial score (nSPS) is 17.2. The molecule has 0 aliphatic carbocycles. The van der Waals surface area contributed by atoms with Gasteiger partial charge in [0.25, 0.3) is 5.91 Å². The van der Waals surface area contributed by atoms with Crippen LogP contribution in [-0.2, 0) is 4.79 Å². The van der Waals surface area contributed by atoms with E-state index in [2.05, 4.69) is 15.3 Å². The van der Waals surface area contributed by atoms with E-state index in [1.807, 2.05) is 35.2 Å². The molecule has 1 aliphatic rings. The number of aryl methyl sites for hydroxylation is 1. The highest BCUT2D eigenvalue weighted by Crippen LogP contribution is 2.29. The second-order valence-corrected chi connectivity index (χ2v) is 6.27. The predicted octanol–water partition coefficient (Wildman–Crippen LogP) is 3.11. The SMILES string of the molecule is CC(=O)N1CCCC[C@H]1c1ncc(C(=O)Nc2ccccc2)c(C)n1. The number of likely N-dealkylation sites (tertiary alicyclic amines) is 1. The fourth-order valence-corrected chi connectivity index (χ4v) is 3.17. The third-order valence-corrected chi connectivity index (χ3v) is 4.48. The van der Waals surface area contributed by atoms with E-state index in [1.54, 1.807) is 20.0 Å². The summed E-state index contributed by atoms with van der Waals surface area (Å²) in [6, 6.07) is 9.17. The molecule has 6 heteroatoms. The standard InChI is InChI=1S/C19H22N4O2/c1-13-16(19(25)22-15-8-4-3-5-9-15)12-20-18(21-13)17-10-6-7-11-23(17)14(2)24/h3-5,8-9,12,17H,6-7,10-11H2,1-2H3,(H,22,25)/t17-/m0/s1. The van der Waals surface area contributed by atoms with Crippen LogP contribution in [0.25, 0.3) is 0 Å². The van der Waals surface area contributed by atoms with Crippen LogP contribution < -0.4 is 5.32 Å². The molecule has 2 heterocycles. The fourth-order valence-electron chi connectivity index (χ4n) is 3.17. The first kappa shape index (κ1) is 17.1. The number of amides is 2. The molecule has 0 bridgehead atoms. The van der Waals surface area contributed by atoms with Gasteiger partial charge in [-0.3, -0.25) is 9.59 Å². The van der Waals surface area contributed by atoms with Crippen LogP contribution in [0.4, 0.5) is 5.69 Å². The summed E-state index contributed by atoms with van der Waals surface area (Å²) < 4.78 is 0. The van der Waals surface area contributed by atoms with Gasteiger partial charge in [0.2, 0.25) is 5.91 Å². The zero-order valence-electron chi connectivity index (χ0n) is 14.5. The lowest BCUT2D eigenvalue weighted by Gasteiger charge is -2.34. The average Bonchev–Trinajstić information content (AvgIpc) is 2.62. The maximum Gasteiger partial charge on any atom is 0.259 e. The molecule has 1 fully saturated rings. The third-order valence-electron chi connectivity index (χ3n) is 4.48. The summed E-state index contributed by atoms with van der Waals surface area (Å²) in [5, 5.41) is 2.84. The molecule has 1 aliphatic heterocycles. The Morgan fingerprint density at radius 2 is 1.96 bits per heavy atom. The maximum absolute atomic E-state index is 12.4. The van der Waals surface area contributed by atoms with Crippen molar-refractivity contribution in [2.75, 3.05) is 11.9 Å². The molecule has 25 heavy (non-hydrogen) atoms. The van der Waals surface area contributed by atoms with Crippen LogP contribution in [0.1, 0.15) is 54.1 Å². The Bertz CT molecular complexity index is 776. The number of nitrogens with zero attached hydrogens (tertiary/aromatic N) is 3. The molecular formula is C19H22N4O2. The highest BCUT2D eigenvalue weighted by atomic mass is 16.2. The Labute approximate surface area is 147 Å². The summed E-state index contributed by atoms with van der Waals surface area (Å²) in [6.07, 6.45) is 4.47. The van der Waals surface area contributed by atoms with Crippen molar-refractivity contribution in [3.63, 3.8) is 0 Å². The lowest BCUT2D eigenvalue weighted by Crippen LogP contribution is -2.38. The van der Waals surface area contributed by atoms with Gasteiger partial charge in [-0.15, -0.1) is 0 Å². The minimum absolute atomic E-state index is 0.0388. The summed E-state index contributed by atoms with van der Waals surface area (Å²) in [5.41, 5.74) is 1.79. The Balaban J connectivity index is 1.80. The van der Waals surface area contributed by atoms with Crippen molar-refractivity contribution in [2.24, 2.45) is 0 Å². The smallest absolute Gasteiger partial charge is 0.259 e. The molecule has 1 N–H and O–H groups in total. The van der Waals surface area contributed by atoms with Crippen LogP contribution in [0.3, 0.4) is 0 Å². The van der Waals surface area contributed by atoms with Gasteiger partial charge in [0.15, 0.2) is 5.82 Å². The van der Waals surface area contributed by atoms with Crippen molar-refractivity contribution in [3.05, 3.63) is 53.6 Å². The number of carbonyl (C=O) groups excluding carboxylic acids is 2. The van der Waals surface area contributed by atoms with Crippen LogP contribution in [0, 0.1) is 6.92 Å². The summed E-state index contributed by atoms with van der Waals surface area (Å²) in [4.78, 5) is 35.0. The lowest BCUT2D eigenvalue weighted by molar-refractivity contribution is -0.132. The van der Waals surface area contributed by atoms with Crippen LogP contribution >= 0.6 is 0 Å². The minimum atomic E-state index is -0.234. The number of hydrogen-bond acceptors (Lipinski definition) is 4. The van der Waals surface area contributed by atoms with Gasteiger partial charge in [0, 0.05) is 25.4 Å². The fraction of sp³-hybridized carbons (Fsp3) is 0.368. The van der Waals surface area contributed by atoms with Gasteiger partial charge in [0.1, 0.15) is 0 Å². The minimum Gasteiger partial charge on any atom is -0.333 e. The van der Waals surface area contributed by atoms with Crippen molar-refractivity contribution < 1.29 is 9.59 Å². The zero-order valence-corrected chi connectivity index (χ0v) is 14.5. The number of piperidine rings is 1. The van der Waals surface area contributed by atoms with Crippen LogP contribution in [0.15, 0.2) is 36.5 Å². The van der Waals surface area contributed by atoms with E-state index >= 15 is 0 Å². The van der Waals surface area contributed by atoms with Gasteiger partial charge in [-0.1, -0.05) is 18.2 Å². The van der Waals surface area contributed by atoms with Crippen molar-refractivity contribution >= 4 is 17.5 Å². The molecule has 130 valence electrons. The van der Waals surface area contributed by atoms with E-state index in [9.17, 15) is 9.59 Å². The topological polar surface area (TPSA) is 75.2 Å². The molecule has 1 atom stereocenters. The van der Waals surface area contributed by atoms with Gasteiger partial charge in [0.05, 0.1) is 17.3 Å². The molecule has 0 unspecified atom stereocenters. The number of para-hydroxylation sites is 1. The van der Waals surface area contributed by atoms with E-state index in [4.69, 9.17) is 0 Å². The Morgan fingerprint density at radius 1 is 1.20 bits per heavy atom. The third kappa shape index (κ3) is 3.84. The maximum atomic E-state index is 12.4. The Morgan fingerprint density at radius 3 is 2.64 bits per heavy atom. The molecule has 6 nitrogen and oxygen atoms in total. The molecule has 0 saturated carbocycles. The van der Waals surface area contributed by atoms with Crippen molar-refractivity contribution in [1.82, 2.24) is 14.9 Å². The second-order valence-electron chi connectivity index (χ2n) is 6.27. The molecule has 3 rings (SSSR count). The second kappa shape index (κ2) is 7.42. The van der Waals surface area contributed by atoms with E-state index in [1.165, 1.54) is 0 Å². The number of benzene rings is 1. The van der Waals surface area contributed by atoms with Gasteiger partial charge in [-0.25, -0.2) is 9.97 Å². The van der Waals surface area contributed by atoms with Crippen molar-refractivity contribution in [2.45, 2.75) is 39.2 Å². The van der Waals surface area contributed by atoms with Crippen LogP contribution in [0.5, 0.6) is 0 Å². The Kier molecular flexibility index (Phi) is 5.07. The Hall–Kier alpha value is -2.76. The number of anilines is 1. The highest BCUT2D eigenvalue weighted by Gasteiger charge is 2.28. The van der Waals surface area contributed by atoms with E-state index < -0.39 is 0 Å². The van der Waals surface area contributed by atoms with Crippen LogP contribution in [-0.4, -0.2) is 33.2 Å². The van der Waals surface area contributed by atoms with Crippen LogP contribution in [0.2, 0.25) is 0 Å². The van der Waals surface area contributed by atoms with E-state index in [0.717, 1.165) is 31.5 Å². The lowest BCUT2D eigenvalue weighted by atomic mass is 10.0. The number of nitrogens with one attached hydrogen (secondary N) is 1. The summed E-state index contributed by atoms with van der Waals surface area (Å²) in [5.74, 6) is 0.419. The first-order valence-electron chi connectivity index (χ1n) is 8.53. The number of hydrogen-bond donors (Lipinski definition) is 1. The highest BCUT2D eigenvalue weighted by molar-refractivity contribution is 6.04. The van der Waals surface area contributed by atoms with Crippen molar-refractivity contribution in [1.29, 1.82) is 0 Å². The zero-order chi connectivity index (χ0) is 17.8. The van der Waals surface area contributed by atoms with Gasteiger partial charge in [-0.05, 0) is 38.3 Å². The molecule has 2 aromatic rings. The summed E-state index contributed by atoms with van der Waals surface area (Å²) in [6.45, 7) is 4.11. The van der Waals surface area contributed by atoms with Crippen molar-refractivity contribution in [3.8, 4) is 0 Å². The molecule has 0 radical (unpaired) electrons. The van der Waals surface area contributed by atoms with Gasteiger partial charge < -0.3 is 10.2 Å². The number of carbonyl (C=O) groups is 2. The largest absolute Gasteiger partial charge is 0.333 e. The molecule has 1 aromatic carbocycles. The average molecular weight is 338 g/mol. The molecule has 2 amide bonds. The number of rotatable bonds is 3. The quantitative estimate of drug-likeness (QED) is 0.933.